The van der Waals surface area contributed by atoms with Crippen molar-refractivity contribution in [3.63, 3.8) is 0 Å². The molecule has 1 aromatic heterocycles. The fourth-order valence-electron chi connectivity index (χ4n) is 5.61. The van der Waals surface area contributed by atoms with E-state index >= 15 is 0 Å². The molecule has 0 N–H and O–H groups in total. The van der Waals surface area contributed by atoms with Gasteiger partial charge in [0.2, 0.25) is 0 Å². The van der Waals surface area contributed by atoms with Crippen LogP contribution in [0, 0.1) is 36.0 Å². The molecule has 1 aromatic rings. The van der Waals surface area contributed by atoms with Gasteiger partial charge in [0.15, 0.2) is 0 Å². The molecule has 0 unspecified atom stereocenters. The predicted octanol–water partition coefficient (Wildman–Crippen LogP) is 3.12. The maximum atomic E-state index is 9.40. The zero-order valence-corrected chi connectivity index (χ0v) is 11.4. The van der Waals surface area contributed by atoms with Crippen LogP contribution >= 0.6 is 0 Å². The first-order valence-corrected chi connectivity index (χ1v) is 7.42. The Morgan fingerprint density at radius 2 is 1.68 bits per heavy atom. The van der Waals surface area contributed by atoms with Crippen molar-refractivity contribution in [1.29, 1.82) is 5.26 Å². The largest absolute Gasteiger partial charge is 0.241 e. The highest BCUT2D eigenvalue weighted by atomic mass is 14.8. The first-order valence-electron chi connectivity index (χ1n) is 7.42. The van der Waals surface area contributed by atoms with E-state index in [1.54, 1.807) is 0 Å². The van der Waals surface area contributed by atoms with Gasteiger partial charge >= 0.3 is 0 Å². The molecule has 0 amide bonds. The van der Waals surface area contributed by atoms with E-state index in [4.69, 9.17) is 0 Å². The van der Waals surface area contributed by atoms with Crippen LogP contribution in [-0.2, 0) is 5.41 Å². The highest BCUT2D eigenvalue weighted by molar-refractivity contribution is 5.41. The van der Waals surface area contributed by atoms with Gasteiger partial charge in [-0.15, -0.1) is 0 Å². The summed E-state index contributed by atoms with van der Waals surface area (Å²) in [4.78, 5) is 8.63. The maximum Gasteiger partial charge on any atom is 0.147 e. The van der Waals surface area contributed by atoms with Crippen LogP contribution in [0.1, 0.15) is 55.5 Å². The van der Waals surface area contributed by atoms with Gasteiger partial charge in [-0.3, -0.25) is 0 Å². The average Bonchev–Trinajstić information content (AvgIpc) is 2.36. The normalized spacial score (nSPS) is 39.3. The SMILES string of the molecule is Cc1ncnc(C#N)c1C12CC3CC(CC(C3)C1)C2. The van der Waals surface area contributed by atoms with Gasteiger partial charge in [0.1, 0.15) is 18.1 Å². The van der Waals surface area contributed by atoms with Crippen molar-refractivity contribution in [2.75, 3.05) is 0 Å². The average molecular weight is 253 g/mol. The molecule has 3 nitrogen and oxygen atoms in total. The van der Waals surface area contributed by atoms with E-state index < -0.39 is 0 Å². The predicted molar refractivity (Wildman–Crippen MR) is 71.3 cm³/mol. The zero-order valence-electron chi connectivity index (χ0n) is 11.4. The van der Waals surface area contributed by atoms with E-state index in [2.05, 4.69) is 23.0 Å². The van der Waals surface area contributed by atoms with Crippen molar-refractivity contribution in [3.05, 3.63) is 23.3 Å². The van der Waals surface area contributed by atoms with Crippen molar-refractivity contribution >= 4 is 0 Å². The van der Waals surface area contributed by atoms with Gasteiger partial charge in [0.05, 0.1) is 0 Å². The fraction of sp³-hybridized carbons (Fsp3) is 0.688. The third-order valence-electron chi connectivity index (χ3n) is 5.71. The monoisotopic (exact) mass is 253 g/mol. The maximum absolute atomic E-state index is 9.40. The lowest BCUT2D eigenvalue weighted by Crippen LogP contribution is -2.49. The first-order chi connectivity index (χ1) is 9.20. The van der Waals surface area contributed by atoms with E-state index in [0.717, 1.165) is 23.4 Å². The fourth-order valence-corrected chi connectivity index (χ4v) is 5.61. The molecule has 4 saturated carbocycles. The van der Waals surface area contributed by atoms with Gasteiger partial charge in [-0.05, 0) is 63.2 Å². The van der Waals surface area contributed by atoms with E-state index in [9.17, 15) is 5.26 Å². The number of nitriles is 1. The van der Waals surface area contributed by atoms with Gasteiger partial charge in [0, 0.05) is 16.7 Å². The number of hydrogen-bond acceptors (Lipinski definition) is 3. The Hall–Kier alpha value is -1.43. The smallest absolute Gasteiger partial charge is 0.147 e. The van der Waals surface area contributed by atoms with Crippen LogP contribution in [0.15, 0.2) is 6.33 Å². The third kappa shape index (κ3) is 1.55. The van der Waals surface area contributed by atoms with Crippen molar-refractivity contribution in [3.8, 4) is 6.07 Å². The van der Waals surface area contributed by atoms with Gasteiger partial charge in [-0.2, -0.15) is 5.26 Å². The molecule has 5 rings (SSSR count). The molecule has 0 saturated heterocycles. The molecule has 19 heavy (non-hydrogen) atoms. The summed E-state index contributed by atoms with van der Waals surface area (Å²) < 4.78 is 0. The summed E-state index contributed by atoms with van der Waals surface area (Å²) in [5.74, 6) is 2.66. The van der Waals surface area contributed by atoms with Crippen LogP contribution in [0.3, 0.4) is 0 Å². The second-order valence-electron chi connectivity index (χ2n) is 6.99. The molecule has 1 heterocycles. The van der Waals surface area contributed by atoms with Crippen molar-refractivity contribution < 1.29 is 0 Å². The highest BCUT2D eigenvalue weighted by Gasteiger charge is 2.53. The molecule has 0 aliphatic heterocycles. The molecule has 4 aliphatic rings. The minimum atomic E-state index is 0.227. The van der Waals surface area contributed by atoms with Crippen molar-refractivity contribution in [2.24, 2.45) is 17.8 Å². The number of aromatic nitrogens is 2. The van der Waals surface area contributed by atoms with Crippen LogP contribution < -0.4 is 0 Å². The molecule has 0 atom stereocenters. The summed E-state index contributed by atoms with van der Waals surface area (Å²) in [6, 6.07) is 2.31. The second-order valence-corrected chi connectivity index (χ2v) is 6.99. The van der Waals surface area contributed by atoms with E-state index in [1.165, 1.54) is 50.4 Å². The summed E-state index contributed by atoms with van der Waals surface area (Å²) in [6.45, 7) is 2.05. The summed E-state index contributed by atoms with van der Waals surface area (Å²) in [6.07, 6.45) is 9.61. The molecule has 0 aromatic carbocycles. The lowest BCUT2D eigenvalue weighted by atomic mass is 9.47. The molecule has 3 heteroatoms. The minimum Gasteiger partial charge on any atom is -0.241 e. The van der Waals surface area contributed by atoms with Crippen LogP contribution in [0.5, 0.6) is 0 Å². The van der Waals surface area contributed by atoms with E-state index in [-0.39, 0.29) is 5.41 Å². The summed E-state index contributed by atoms with van der Waals surface area (Å²) >= 11 is 0. The Balaban J connectivity index is 1.86. The van der Waals surface area contributed by atoms with Crippen molar-refractivity contribution in [2.45, 2.75) is 50.9 Å². The topological polar surface area (TPSA) is 49.6 Å². The minimum absolute atomic E-state index is 0.227. The van der Waals surface area contributed by atoms with Gasteiger partial charge in [0.25, 0.3) is 0 Å². The second kappa shape index (κ2) is 3.79. The lowest BCUT2D eigenvalue weighted by molar-refractivity contribution is -0.00594. The third-order valence-corrected chi connectivity index (χ3v) is 5.71. The van der Waals surface area contributed by atoms with E-state index in [1.807, 2.05) is 0 Å². The Morgan fingerprint density at radius 3 is 2.21 bits per heavy atom. The summed E-state index contributed by atoms with van der Waals surface area (Å²) in [5, 5.41) is 9.40. The summed E-state index contributed by atoms with van der Waals surface area (Å²) in [5.41, 5.74) is 3.09. The molecule has 4 aliphatic carbocycles. The van der Waals surface area contributed by atoms with E-state index in [0.29, 0.717) is 5.69 Å². The molecular formula is C16H19N3. The molecule has 98 valence electrons. The highest BCUT2D eigenvalue weighted by Crippen LogP contribution is 2.61. The van der Waals surface area contributed by atoms with Crippen LogP contribution in [0.2, 0.25) is 0 Å². The zero-order chi connectivity index (χ0) is 13.0. The standard InChI is InChI=1S/C16H19N3/c1-10-15(14(8-17)19-9-18-10)16-5-11-2-12(6-16)4-13(3-11)7-16/h9,11-13H,2-7H2,1H3. The van der Waals surface area contributed by atoms with Crippen LogP contribution in [0.25, 0.3) is 0 Å². The quantitative estimate of drug-likeness (QED) is 0.772. The Labute approximate surface area is 114 Å². The number of hydrogen-bond donors (Lipinski definition) is 0. The molecule has 0 spiro atoms. The number of rotatable bonds is 1. The Bertz CT molecular complexity index is 535. The number of nitrogens with zero attached hydrogens (tertiary/aromatic N) is 3. The molecular weight excluding hydrogens is 234 g/mol. The Kier molecular flexibility index (Phi) is 2.27. The Morgan fingerprint density at radius 1 is 1.11 bits per heavy atom. The van der Waals surface area contributed by atoms with Gasteiger partial charge < -0.3 is 0 Å². The molecule has 4 fully saturated rings. The van der Waals surface area contributed by atoms with Gasteiger partial charge in [-0.25, -0.2) is 9.97 Å². The summed E-state index contributed by atoms with van der Waals surface area (Å²) in [7, 11) is 0. The molecule has 0 radical (unpaired) electrons. The molecule has 4 bridgehead atoms. The van der Waals surface area contributed by atoms with Crippen LogP contribution in [-0.4, -0.2) is 9.97 Å². The van der Waals surface area contributed by atoms with Gasteiger partial charge in [-0.1, -0.05) is 0 Å². The van der Waals surface area contributed by atoms with Crippen LogP contribution in [0.4, 0.5) is 0 Å². The lowest BCUT2D eigenvalue weighted by Gasteiger charge is -2.57. The first kappa shape index (κ1) is 11.4. The van der Waals surface area contributed by atoms with Crippen molar-refractivity contribution in [1.82, 2.24) is 9.97 Å². The number of aryl methyl sites for hydroxylation is 1.